The summed E-state index contributed by atoms with van der Waals surface area (Å²) in [5.74, 6) is 0.566. The smallest absolute Gasteiger partial charge is 0.410 e. The maximum Gasteiger partial charge on any atom is 0.410 e. The van der Waals surface area contributed by atoms with Crippen LogP contribution in [0.15, 0.2) is 48.5 Å². The highest BCUT2D eigenvalue weighted by atomic mass is 16.6. The molecule has 2 aromatic carbocycles. The molecule has 0 aliphatic heterocycles. The molecule has 0 saturated heterocycles. The van der Waals surface area contributed by atoms with Crippen LogP contribution in [0.25, 0.3) is 11.1 Å². The molecule has 2 aromatic rings. The molecular formula is C21H23NO3. The van der Waals surface area contributed by atoms with Crippen LogP contribution < -0.4 is 0 Å². The number of carbonyl (C=O) groups excluding carboxylic acids is 1. The van der Waals surface area contributed by atoms with Crippen molar-refractivity contribution in [1.29, 1.82) is 0 Å². The molecule has 130 valence electrons. The molecule has 4 nitrogen and oxygen atoms in total. The Morgan fingerprint density at radius 1 is 1.12 bits per heavy atom. The normalized spacial score (nSPS) is 20.7. The second-order valence-electron chi connectivity index (χ2n) is 7.00. The van der Waals surface area contributed by atoms with Gasteiger partial charge in [-0.05, 0) is 34.6 Å². The van der Waals surface area contributed by atoms with Gasteiger partial charge in [0.15, 0.2) is 0 Å². The zero-order chi connectivity index (χ0) is 17.4. The van der Waals surface area contributed by atoms with Gasteiger partial charge in [-0.3, -0.25) is 0 Å². The van der Waals surface area contributed by atoms with Crippen molar-refractivity contribution in [1.82, 2.24) is 4.90 Å². The van der Waals surface area contributed by atoms with Crippen molar-refractivity contribution in [3.8, 4) is 11.1 Å². The van der Waals surface area contributed by atoms with Gasteiger partial charge >= 0.3 is 6.09 Å². The maximum absolute atomic E-state index is 12.5. The number of ether oxygens (including phenoxy) is 1. The first kappa shape index (κ1) is 16.2. The fourth-order valence-electron chi connectivity index (χ4n) is 3.91. The molecular weight excluding hydrogens is 314 g/mol. The van der Waals surface area contributed by atoms with Crippen molar-refractivity contribution in [2.75, 3.05) is 19.8 Å². The standard InChI is InChI=1S/C21H23NO3/c1-14-12-20(14)22(10-11-23)21(24)25-13-19-17-8-4-2-6-15(17)16-7-3-5-9-18(16)19/h2-9,14,19-20,23H,10-13H2,1H3/t14-,20-/m1/s1. The summed E-state index contributed by atoms with van der Waals surface area (Å²) in [5, 5.41) is 9.24. The summed E-state index contributed by atoms with van der Waals surface area (Å²) in [4.78, 5) is 14.2. The predicted molar refractivity (Wildman–Crippen MR) is 96.4 cm³/mol. The van der Waals surface area contributed by atoms with Crippen LogP contribution in [0.2, 0.25) is 0 Å². The van der Waals surface area contributed by atoms with E-state index in [9.17, 15) is 9.90 Å². The molecule has 1 N–H and O–H groups in total. The monoisotopic (exact) mass is 337 g/mol. The van der Waals surface area contributed by atoms with E-state index in [1.54, 1.807) is 4.90 Å². The molecule has 0 radical (unpaired) electrons. The third kappa shape index (κ3) is 2.91. The number of hydrogen-bond acceptors (Lipinski definition) is 3. The van der Waals surface area contributed by atoms with E-state index >= 15 is 0 Å². The van der Waals surface area contributed by atoms with Crippen LogP contribution in [0, 0.1) is 5.92 Å². The van der Waals surface area contributed by atoms with E-state index in [4.69, 9.17) is 4.74 Å². The van der Waals surface area contributed by atoms with Gasteiger partial charge in [0, 0.05) is 18.5 Å². The molecule has 0 aromatic heterocycles. The second-order valence-corrected chi connectivity index (χ2v) is 7.00. The lowest BCUT2D eigenvalue weighted by molar-refractivity contribution is 0.0874. The van der Waals surface area contributed by atoms with Gasteiger partial charge in [0.1, 0.15) is 6.61 Å². The Morgan fingerprint density at radius 2 is 1.68 bits per heavy atom. The minimum Gasteiger partial charge on any atom is -0.448 e. The number of carbonyl (C=O) groups is 1. The quantitative estimate of drug-likeness (QED) is 0.906. The number of hydrogen-bond donors (Lipinski definition) is 1. The van der Waals surface area contributed by atoms with Crippen molar-refractivity contribution in [2.24, 2.45) is 5.92 Å². The molecule has 0 spiro atoms. The Morgan fingerprint density at radius 3 is 2.20 bits per heavy atom. The number of rotatable bonds is 5. The average molecular weight is 337 g/mol. The van der Waals surface area contributed by atoms with Crippen LogP contribution in [-0.2, 0) is 4.74 Å². The molecule has 0 heterocycles. The van der Waals surface area contributed by atoms with Gasteiger partial charge in [-0.1, -0.05) is 55.5 Å². The fraction of sp³-hybridized carbons (Fsp3) is 0.381. The van der Waals surface area contributed by atoms with Crippen LogP contribution in [-0.4, -0.2) is 41.9 Å². The summed E-state index contributed by atoms with van der Waals surface area (Å²) in [7, 11) is 0. The van der Waals surface area contributed by atoms with Crippen molar-refractivity contribution in [3.05, 3.63) is 59.7 Å². The SMILES string of the molecule is C[C@@H]1C[C@H]1N(CCO)C(=O)OCC1c2ccccc2-c2ccccc21. The first-order valence-electron chi connectivity index (χ1n) is 8.93. The Kier molecular flexibility index (Phi) is 4.22. The van der Waals surface area contributed by atoms with Crippen molar-refractivity contribution in [3.63, 3.8) is 0 Å². The number of aliphatic hydroxyl groups excluding tert-OH is 1. The molecule has 1 fully saturated rings. The van der Waals surface area contributed by atoms with Gasteiger partial charge in [-0.15, -0.1) is 0 Å². The minimum atomic E-state index is -0.315. The summed E-state index contributed by atoms with van der Waals surface area (Å²) < 4.78 is 5.68. The second kappa shape index (κ2) is 6.52. The largest absolute Gasteiger partial charge is 0.448 e. The van der Waals surface area contributed by atoms with Crippen LogP contribution >= 0.6 is 0 Å². The van der Waals surface area contributed by atoms with Crippen molar-refractivity contribution >= 4 is 6.09 Å². The molecule has 0 bridgehead atoms. The number of benzene rings is 2. The van der Waals surface area contributed by atoms with Gasteiger partial charge in [0.2, 0.25) is 0 Å². The zero-order valence-corrected chi connectivity index (χ0v) is 14.4. The van der Waals surface area contributed by atoms with E-state index < -0.39 is 0 Å². The summed E-state index contributed by atoms with van der Waals surface area (Å²) in [6, 6.07) is 16.8. The van der Waals surface area contributed by atoms with Gasteiger partial charge in [-0.2, -0.15) is 0 Å². The number of amides is 1. The fourth-order valence-corrected chi connectivity index (χ4v) is 3.91. The van der Waals surface area contributed by atoms with Gasteiger partial charge in [0.25, 0.3) is 0 Å². The van der Waals surface area contributed by atoms with Crippen molar-refractivity contribution in [2.45, 2.75) is 25.3 Å². The highest BCUT2D eigenvalue weighted by Gasteiger charge is 2.41. The van der Waals surface area contributed by atoms with E-state index in [0.717, 1.165) is 6.42 Å². The average Bonchev–Trinajstić information content (AvgIpc) is 3.27. The Balaban J connectivity index is 1.52. The summed E-state index contributed by atoms with van der Waals surface area (Å²) >= 11 is 0. The van der Waals surface area contributed by atoms with Crippen LogP contribution in [0.4, 0.5) is 4.79 Å². The summed E-state index contributed by atoms with van der Waals surface area (Å²) in [6.07, 6.45) is 0.676. The van der Waals surface area contributed by atoms with Gasteiger partial charge in [0.05, 0.1) is 6.61 Å². The van der Waals surface area contributed by atoms with Crippen LogP contribution in [0.5, 0.6) is 0 Å². The highest BCUT2D eigenvalue weighted by molar-refractivity contribution is 5.79. The number of aliphatic hydroxyl groups is 1. The number of fused-ring (bicyclic) bond motifs is 3. The van der Waals surface area contributed by atoms with Gasteiger partial charge < -0.3 is 14.7 Å². The van der Waals surface area contributed by atoms with Crippen LogP contribution in [0.1, 0.15) is 30.4 Å². The van der Waals surface area contributed by atoms with Crippen molar-refractivity contribution < 1.29 is 14.6 Å². The lowest BCUT2D eigenvalue weighted by atomic mass is 9.98. The van der Waals surface area contributed by atoms with E-state index in [1.807, 2.05) is 24.3 Å². The highest BCUT2D eigenvalue weighted by Crippen LogP contribution is 2.44. The topological polar surface area (TPSA) is 49.8 Å². The number of nitrogens with zero attached hydrogens (tertiary/aromatic N) is 1. The van der Waals surface area contributed by atoms with E-state index in [1.165, 1.54) is 22.3 Å². The molecule has 25 heavy (non-hydrogen) atoms. The molecule has 2 atom stereocenters. The Hall–Kier alpha value is -2.33. The predicted octanol–water partition coefficient (Wildman–Crippen LogP) is 3.64. The Labute approximate surface area is 148 Å². The lowest BCUT2D eigenvalue weighted by Crippen LogP contribution is -2.37. The summed E-state index contributed by atoms with van der Waals surface area (Å²) in [6.45, 7) is 2.75. The maximum atomic E-state index is 12.5. The third-order valence-electron chi connectivity index (χ3n) is 5.38. The molecule has 2 aliphatic rings. The third-order valence-corrected chi connectivity index (χ3v) is 5.38. The molecule has 4 heteroatoms. The Bertz CT molecular complexity index is 743. The zero-order valence-electron chi connectivity index (χ0n) is 14.4. The first-order chi connectivity index (χ1) is 12.2. The minimum absolute atomic E-state index is 0.0343. The molecule has 1 saturated carbocycles. The van der Waals surface area contributed by atoms with E-state index in [2.05, 4.69) is 31.2 Å². The molecule has 4 rings (SSSR count). The molecule has 2 aliphatic carbocycles. The first-order valence-corrected chi connectivity index (χ1v) is 8.93. The summed E-state index contributed by atoms with van der Waals surface area (Å²) in [5.41, 5.74) is 4.87. The van der Waals surface area contributed by atoms with Crippen LogP contribution in [0.3, 0.4) is 0 Å². The van der Waals surface area contributed by atoms with Gasteiger partial charge in [-0.25, -0.2) is 4.79 Å². The van der Waals surface area contributed by atoms with E-state index in [-0.39, 0.29) is 24.7 Å². The lowest BCUT2D eigenvalue weighted by Gasteiger charge is -2.23. The molecule has 1 amide bonds. The van der Waals surface area contributed by atoms with E-state index in [0.29, 0.717) is 19.1 Å². The molecule has 0 unspecified atom stereocenters.